The Labute approximate surface area is 280 Å². The van der Waals surface area contributed by atoms with Crippen LogP contribution in [0.3, 0.4) is 0 Å². The van der Waals surface area contributed by atoms with Crippen LogP contribution in [0.15, 0.2) is 116 Å². The third kappa shape index (κ3) is 13.2. The van der Waals surface area contributed by atoms with Gasteiger partial charge in [0.1, 0.15) is 19.4 Å². The van der Waals surface area contributed by atoms with Gasteiger partial charge in [0.25, 0.3) is 0 Å². The molecule has 2 aliphatic heterocycles. The molecule has 0 spiro atoms. The van der Waals surface area contributed by atoms with E-state index >= 15 is 0 Å². The van der Waals surface area contributed by atoms with E-state index in [4.69, 9.17) is 9.47 Å². The molecule has 2 amide bonds. The molecule has 0 bridgehead atoms. The van der Waals surface area contributed by atoms with Gasteiger partial charge in [-0.2, -0.15) is 13.2 Å². The zero-order valence-electron chi connectivity index (χ0n) is 27.3. The minimum Gasteiger partial charge on any atom is -0.445 e. The highest BCUT2D eigenvalue weighted by Crippen LogP contribution is 2.28. The van der Waals surface area contributed by atoms with E-state index in [-0.39, 0.29) is 37.7 Å². The van der Waals surface area contributed by atoms with Gasteiger partial charge in [-0.15, -0.1) is 13.2 Å². The van der Waals surface area contributed by atoms with Gasteiger partial charge < -0.3 is 24.4 Å². The third-order valence-corrected chi connectivity index (χ3v) is 7.26. The van der Waals surface area contributed by atoms with Gasteiger partial charge >= 0.3 is 18.4 Å². The van der Waals surface area contributed by atoms with Gasteiger partial charge in [0, 0.05) is 24.9 Å². The lowest BCUT2D eigenvalue weighted by atomic mass is 10.1. The minimum atomic E-state index is -4.21. The lowest BCUT2D eigenvalue weighted by molar-refractivity contribution is -0.137. The van der Waals surface area contributed by atoms with Crippen molar-refractivity contribution in [2.75, 3.05) is 26.2 Å². The number of hydrogen-bond acceptors (Lipinski definition) is 5. The topological polar surface area (TPSA) is 79.3 Å². The molecular weight excluding hydrogens is 628 g/mol. The third-order valence-electron chi connectivity index (χ3n) is 7.26. The van der Waals surface area contributed by atoms with Gasteiger partial charge in [-0.05, 0) is 11.1 Å². The Bertz CT molecular complexity index is 1300. The molecule has 3 aromatic carbocycles. The van der Waals surface area contributed by atoms with Crippen LogP contribution in [0.4, 0.5) is 27.2 Å². The maximum Gasteiger partial charge on any atom is 0.416 e. The Kier molecular flexibility index (Phi) is 16.9. The molecular formula is C37H44F4N2O5. The largest absolute Gasteiger partial charge is 0.445 e. The smallest absolute Gasteiger partial charge is 0.416 e. The molecule has 1 N–H and O–H groups in total. The van der Waals surface area contributed by atoms with Gasteiger partial charge in [-0.1, -0.05) is 117 Å². The number of benzene rings is 3. The standard InChI is InChI=1S/C14H16FNO2.C14H17NO3.C7H5F3.C2H6/c1-2-12-8-16(9-13(12)15)14(17)18-10-11-6-4-3-5-7-11;1-2-12-8-15(9-13(12)16)14(17)18-10-11-6-4-3-5-7-11;8-7(9,10)6-4-2-1-3-5-6;1-2/h2-7,12-13H,1,8-10H2;2-7,12-13,16H,1,8-10H2;1-5H;1-2H3/t12-,13+;12-,13-;;/m11../s1. The number of alkyl halides is 4. The van der Waals surface area contributed by atoms with E-state index in [9.17, 15) is 32.3 Å². The Morgan fingerprint density at radius 2 is 1.12 bits per heavy atom. The fourth-order valence-electron chi connectivity index (χ4n) is 4.60. The molecule has 260 valence electrons. The summed E-state index contributed by atoms with van der Waals surface area (Å²) in [7, 11) is 0. The number of carbonyl (C=O) groups excluding carboxylic acids is 2. The van der Waals surface area contributed by atoms with Crippen LogP contribution < -0.4 is 0 Å². The first-order valence-corrected chi connectivity index (χ1v) is 15.6. The molecule has 7 nitrogen and oxygen atoms in total. The van der Waals surface area contributed by atoms with E-state index in [1.54, 1.807) is 18.2 Å². The number of aliphatic hydroxyl groups is 1. The molecule has 0 saturated carbocycles. The van der Waals surface area contributed by atoms with E-state index in [2.05, 4.69) is 13.2 Å². The van der Waals surface area contributed by atoms with Crippen LogP contribution in [-0.4, -0.2) is 65.5 Å². The predicted octanol–water partition coefficient (Wildman–Crippen LogP) is 8.31. The molecule has 2 aliphatic rings. The van der Waals surface area contributed by atoms with Crippen molar-refractivity contribution >= 4 is 12.2 Å². The molecule has 2 heterocycles. The van der Waals surface area contributed by atoms with Crippen molar-refractivity contribution < 1.29 is 41.7 Å². The minimum absolute atomic E-state index is 0.0609. The lowest BCUT2D eigenvalue weighted by Crippen LogP contribution is -2.30. The highest BCUT2D eigenvalue weighted by Gasteiger charge is 2.35. The molecule has 0 radical (unpaired) electrons. The Morgan fingerprint density at radius 3 is 1.48 bits per heavy atom. The van der Waals surface area contributed by atoms with Gasteiger partial charge in [0.15, 0.2) is 0 Å². The highest BCUT2D eigenvalue weighted by atomic mass is 19.4. The first kappa shape index (κ1) is 39.5. The molecule has 48 heavy (non-hydrogen) atoms. The van der Waals surface area contributed by atoms with Crippen molar-refractivity contribution in [3.05, 3.63) is 133 Å². The number of nitrogens with zero attached hydrogens (tertiary/aromatic N) is 2. The Hall–Kier alpha value is -4.64. The second-order valence-corrected chi connectivity index (χ2v) is 10.6. The summed E-state index contributed by atoms with van der Waals surface area (Å²) >= 11 is 0. The summed E-state index contributed by atoms with van der Waals surface area (Å²) in [6.07, 6.45) is -3.41. The zero-order chi connectivity index (χ0) is 35.5. The predicted molar refractivity (Wildman–Crippen MR) is 177 cm³/mol. The van der Waals surface area contributed by atoms with Crippen LogP contribution in [0.1, 0.15) is 30.5 Å². The second-order valence-electron chi connectivity index (χ2n) is 10.6. The van der Waals surface area contributed by atoms with Crippen LogP contribution in [0.25, 0.3) is 0 Å². The number of ether oxygens (including phenoxy) is 2. The number of likely N-dealkylation sites (tertiary alicyclic amines) is 2. The summed E-state index contributed by atoms with van der Waals surface area (Å²) in [6.45, 7) is 12.9. The van der Waals surface area contributed by atoms with Crippen molar-refractivity contribution in [1.29, 1.82) is 0 Å². The quantitative estimate of drug-likeness (QED) is 0.211. The number of carbonyl (C=O) groups is 2. The van der Waals surface area contributed by atoms with Crippen LogP contribution >= 0.6 is 0 Å². The van der Waals surface area contributed by atoms with E-state index in [1.165, 1.54) is 21.9 Å². The Morgan fingerprint density at radius 1 is 0.729 bits per heavy atom. The maximum atomic E-state index is 13.4. The number of amides is 2. The first-order chi connectivity index (χ1) is 23.0. The average molecular weight is 673 g/mol. The molecule has 0 aromatic heterocycles. The molecule has 0 aliphatic carbocycles. The van der Waals surface area contributed by atoms with Crippen LogP contribution in [-0.2, 0) is 28.9 Å². The fourth-order valence-corrected chi connectivity index (χ4v) is 4.60. The van der Waals surface area contributed by atoms with Crippen LogP contribution in [0.5, 0.6) is 0 Å². The molecule has 4 atom stereocenters. The van der Waals surface area contributed by atoms with Crippen LogP contribution in [0.2, 0.25) is 0 Å². The monoisotopic (exact) mass is 672 g/mol. The summed E-state index contributed by atoms with van der Waals surface area (Å²) in [4.78, 5) is 26.4. The summed E-state index contributed by atoms with van der Waals surface area (Å²) < 4.78 is 59.1. The van der Waals surface area contributed by atoms with Crippen molar-refractivity contribution in [3.8, 4) is 0 Å². The van der Waals surface area contributed by atoms with Crippen molar-refractivity contribution in [2.45, 2.75) is 45.5 Å². The SMILES string of the molecule is C=C[C@@H]1CN(C(=O)OCc2ccccc2)C[C@@H]1F.C=C[C@@H]1CN(C(=O)OCc2ccccc2)C[C@H]1O.CC.FC(F)(F)c1ccccc1. The molecule has 2 fully saturated rings. The van der Waals surface area contributed by atoms with E-state index in [0.717, 1.165) is 23.3 Å². The lowest BCUT2D eigenvalue weighted by Gasteiger charge is -2.15. The highest BCUT2D eigenvalue weighted by molar-refractivity contribution is 5.68. The van der Waals surface area contributed by atoms with Crippen LogP contribution in [0, 0.1) is 11.8 Å². The molecule has 0 unspecified atom stereocenters. The number of β-amino-alcohol motifs (C(OH)–C–C–N with tert-alkyl or cyclic N) is 1. The molecule has 5 rings (SSSR count). The second kappa shape index (κ2) is 20.6. The van der Waals surface area contributed by atoms with Crippen molar-refractivity contribution in [3.63, 3.8) is 0 Å². The van der Waals surface area contributed by atoms with Crippen molar-refractivity contribution in [1.82, 2.24) is 9.80 Å². The molecule has 3 aromatic rings. The van der Waals surface area contributed by atoms with Crippen molar-refractivity contribution in [2.24, 2.45) is 11.8 Å². The molecule has 11 heteroatoms. The number of hydrogen-bond donors (Lipinski definition) is 1. The van der Waals surface area contributed by atoms with Gasteiger partial charge in [-0.25, -0.2) is 14.0 Å². The summed E-state index contributed by atoms with van der Waals surface area (Å²) in [5.41, 5.74) is 1.27. The van der Waals surface area contributed by atoms with Gasteiger partial charge in [0.2, 0.25) is 0 Å². The average Bonchev–Trinajstić information content (AvgIpc) is 3.70. The number of halogens is 4. The fraction of sp³-hybridized carbons (Fsp3) is 0.351. The number of aliphatic hydroxyl groups excluding tert-OH is 1. The summed E-state index contributed by atoms with van der Waals surface area (Å²) in [5.74, 6) is -0.344. The normalized spacial score (nSPS) is 19.6. The zero-order valence-corrected chi connectivity index (χ0v) is 27.3. The van der Waals surface area contributed by atoms with E-state index < -0.39 is 30.1 Å². The molecule has 2 saturated heterocycles. The Balaban J connectivity index is 0.000000253. The first-order valence-electron chi connectivity index (χ1n) is 15.6. The summed E-state index contributed by atoms with van der Waals surface area (Å²) in [6, 6.07) is 25.3. The van der Waals surface area contributed by atoms with E-state index in [1.807, 2.05) is 74.5 Å². The summed E-state index contributed by atoms with van der Waals surface area (Å²) in [5, 5.41) is 9.67. The maximum absolute atomic E-state index is 13.4. The van der Waals surface area contributed by atoms with E-state index in [0.29, 0.717) is 19.6 Å². The van der Waals surface area contributed by atoms with Gasteiger partial charge in [-0.3, -0.25) is 0 Å². The number of rotatable bonds is 6. The van der Waals surface area contributed by atoms with Gasteiger partial charge in [0.05, 0.1) is 24.8 Å².